The summed E-state index contributed by atoms with van der Waals surface area (Å²) in [7, 11) is 1.63. The molecule has 6 nitrogen and oxygen atoms in total. The summed E-state index contributed by atoms with van der Waals surface area (Å²) >= 11 is 0. The second kappa shape index (κ2) is 12.8. The fourth-order valence-corrected chi connectivity index (χ4v) is 1.78. The van der Waals surface area contributed by atoms with Crippen LogP contribution < -0.4 is 10.1 Å². The fourth-order valence-electron chi connectivity index (χ4n) is 1.78. The Morgan fingerprint density at radius 1 is 1.08 bits per heavy atom. The number of esters is 1. The van der Waals surface area contributed by atoms with Crippen molar-refractivity contribution >= 4 is 5.97 Å². The van der Waals surface area contributed by atoms with Crippen LogP contribution >= 0.6 is 0 Å². The van der Waals surface area contributed by atoms with E-state index in [0.717, 1.165) is 12.1 Å². The Bertz CT molecular complexity index is 484. The second-order valence-electron chi connectivity index (χ2n) is 5.13. The van der Waals surface area contributed by atoms with Crippen LogP contribution in [0, 0.1) is 12.7 Å². The van der Waals surface area contributed by atoms with Crippen molar-refractivity contribution in [1.82, 2.24) is 5.32 Å². The molecule has 1 rings (SSSR count). The van der Waals surface area contributed by atoms with Crippen LogP contribution in [0.15, 0.2) is 18.2 Å². The maximum absolute atomic E-state index is 13.5. The van der Waals surface area contributed by atoms with Crippen molar-refractivity contribution in [3.8, 4) is 5.75 Å². The van der Waals surface area contributed by atoms with E-state index in [4.69, 9.17) is 18.9 Å². The zero-order valence-electron chi connectivity index (χ0n) is 14.3. The number of carbonyl (C=O) groups is 1. The molecule has 0 radical (unpaired) electrons. The Morgan fingerprint density at radius 3 is 2.46 bits per heavy atom. The predicted octanol–water partition coefficient (Wildman–Crippen LogP) is 1.70. The number of methoxy groups -OCH3 is 1. The molecule has 0 aliphatic rings. The molecular weight excluding hydrogens is 317 g/mol. The first kappa shape index (κ1) is 20.5. The van der Waals surface area contributed by atoms with Gasteiger partial charge in [-0.2, -0.15) is 0 Å². The van der Waals surface area contributed by atoms with E-state index in [1.807, 2.05) is 0 Å². The van der Waals surface area contributed by atoms with Gasteiger partial charge in [0.1, 0.15) is 0 Å². The van der Waals surface area contributed by atoms with Crippen LogP contribution in [0.4, 0.5) is 4.39 Å². The van der Waals surface area contributed by atoms with Gasteiger partial charge >= 0.3 is 5.97 Å². The highest BCUT2D eigenvalue weighted by Gasteiger charge is 2.09. The van der Waals surface area contributed by atoms with Gasteiger partial charge in [0.15, 0.2) is 11.6 Å². The van der Waals surface area contributed by atoms with E-state index >= 15 is 0 Å². The third kappa shape index (κ3) is 9.57. The van der Waals surface area contributed by atoms with Crippen molar-refractivity contribution in [3.05, 3.63) is 29.6 Å². The summed E-state index contributed by atoms with van der Waals surface area (Å²) in [5.74, 6) is -1.11. The topological polar surface area (TPSA) is 66.0 Å². The number of aryl methyl sites for hydroxylation is 1. The summed E-state index contributed by atoms with van der Waals surface area (Å²) in [5, 5.41) is 3.15. The van der Waals surface area contributed by atoms with Crippen LogP contribution in [-0.4, -0.2) is 59.2 Å². The normalized spacial score (nSPS) is 10.8. The molecule has 0 heterocycles. The van der Waals surface area contributed by atoms with Crippen molar-refractivity contribution in [2.24, 2.45) is 0 Å². The van der Waals surface area contributed by atoms with E-state index in [1.54, 1.807) is 20.1 Å². The van der Waals surface area contributed by atoms with Gasteiger partial charge in [-0.1, -0.05) is 6.07 Å². The van der Waals surface area contributed by atoms with Crippen molar-refractivity contribution in [2.75, 3.05) is 53.2 Å². The van der Waals surface area contributed by atoms with Gasteiger partial charge in [0.25, 0.3) is 0 Å². The van der Waals surface area contributed by atoms with E-state index in [2.05, 4.69) is 5.32 Å². The van der Waals surface area contributed by atoms with Gasteiger partial charge in [0, 0.05) is 20.2 Å². The van der Waals surface area contributed by atoms with Gasteiger partial charge in [-0.05, 0) is 24.6 Å². The summed E-state index contributed by atoms with van der Waals surface area (Å²) < 4.78 is 34.0. The average Bonchev–Trinajstić information content (AvgIpc) is 2.55. The molecule has 0 amide bonds. The molecule has 1 aromatic rings. The average molecular weight is 343 g/mol. The monoisotopic (exact) mass is 343 g/mol. The quantitative estimate of drug-likeness (QED) is 0.334. The van der Waals surface area contributed by atoms with Crippen molar-refractivity contribution in [3.63, 3.8) is 0 Å². The number of carbonyl (C=O) groups excluding carboxylic acids is 1. The first-order valence-electron chi connectivity index (χ1n) is 7.95. The largest absolute Gasteiger partial charge is 0.423 e. The molecule has 0 aromatic heterocycles. The Kier molecular flexibility index (Phi) is 11.0. The van der Waals surface area contributed by atoms with Crippen molar-refractivity contribution < 1.29 is 28.1 Å². The number of nitrogens with one attached hydrogen (secondary N) is 1. The lowest BCUT2D eigenvalue weighted by atomic mass is 10.2. The van der Waals surface area contributed by atoms with Crippen LogP contribution in [0.25, 0.3) is 0 Å². The minimum atomic E-state index is -0.541. The van der Waals surface area contributed by atoms with E-state index in [1.165, 1.54) is 12.1 Å². The molecule has 0 fully saturated rings. The van der Waals surface area contributed by atoms with E-state index < -0.39 is 11.8 Å². The second-order valence-corrected chi connectivity index (χ2v) is 5.13. The molecule has 0 aliphatic heterocycles. The Labute approximate surface area is 142 Å². The minimum absolute atomic E-state index is 0.0549. The number of rotatable bonds is 13. The molecule has 1 N–H and O–H groups in total. The molecule has 0 saturated carbocycles. The lowest BCUT2D eigenvalue weighted by molar-refractivity contribution is -0.135. The highest BCUT2D eigenvalue weighted by molar-refractivity contribution is 5.72. The molecule has 0 bridgehead atoms. The minimum Gasteiger partial charge on any atom is -0.423 e. The maximum atomic E-state index is 13.5. The standard InChI is InChI=1S/C17H26FNO5/c1-14-3-4-16(15(18)13-14)24-17(20)5-8-22-9-6-19-7-10-23-12-11-21-2/h3-4,13,19H,5-12H2,1-2H3. The SMILES string of the molecule is COCCOCCNCCOCCC(=O)Oc1ccc(C)cc1F. The summed E-state index contributed by atoms with van der Waals surface area (Å²) in [6.07, 6.45) is 0.0768. The molecule has 0 spiro atoms. The number of halogens is 1. The van der Waals surface area contributed by atoms with Gasteiger partial charge in [-0.25, -0.2) is 4.39 Å². The first-order chi connectivity index (χ1) is 11.6. The van der Waals surface area contributed by atoms with Crippen molar-refractivity contribution in [2.45, 2.75) is 13.3 Å². The smallest absolute Gasteiger partial charge is 0.313 e. The number of benzene rings is 1. The maximum Gasteiger partial charge on any atom is 0.313 e. The number of hydrogen-bond donors (Lipinski definition) is 1. The Balaban J connectivity index is 1.98. The Morgan fingerprint density at radius 2 is 1.79 bits per heavy atom. The third-order valence-electron chi connectivity index (χ3n) is 3.04. The summed E-state index contributed by atoms with van der Waals surface area (Å²) in [6.45, 7) is 5.64. The molecule has 0 aliphatic carbocycles. The molecule has 136 valence electrons. The fraction of sp³-hybridized carbons (Fsp3) is 0.588. The number of hydrogen-bond acceptors (Lipinski definition) is 6. The lowest BCUT2D eigenvalue weighted by Gasteiger charge is -2.08. The van der Waals surface area contributed by atoms with Gasteiger partial charge in [0.2, 0.25) is 0 Å². The highest BCUT2D eigenvalue weighted by Crippen LogP contribution is 2.18. The predicted molar refractivity (Wildman–Crippen MR) is 87.8 cm³/mol. The van der Waals surface area contributed by atoms with E-state index in [9.17, 15) is 9.18 Å². The summed E-state index contributed by atoms with van der Waals surface area (Å²) in [6, 6.07) is 4.46. The molecular formula is C17H26FNO5. The summed E-state index contributed by atoms with van der Waals surface area (Å²) in [4.78, 5) is 11.6. The van der Waals surface area contributed by atoms with Gasteiger partial charge in [-0.15, -0.1) is 0 Å². The van der Waals surface area contributed by atoms with Crippen LogP contribution in [0.3, 0.4) is 0 Å². The molecule has 0 unspecified atom stereocenters. The van der Waals surface area contributed by atoms with Crippen LogP contribution in [0.2, 0.25) is 0 Å². The van der Waals surface area contributed by atoms with Crippen molar-refractivity contribution in [1.29, 1.82) is 0 Å². The molecule has 7 heteroatoms. The molecule has 1 aromatic carbocycles. The van der Waals surface area contributed by atoms with Crippen LogP contribution in [0.5, 0.6) is 5.75 Å². The first-order valence-corrected chi connectivity index (χ1v) is 7.95. The Hall–Kier alpha value is -1.54. The zero-order chi connectivity index (χ0) is 17.6. The number of ether oxygens (including phenoxy) is 4. The van der Waals surface area contributed by atoms with E-state index in [0.29, 0.717) is 33.0 Å². The zero-order valence-corrected chi connectivity index (χ0v) is 14.3. The van der Waals surface area contributed by atoms with Crippen LogP contribution in [0.1, 0.15) is 12.0 Å². The molecule has 0 atom stereocenters. The van der Waals surface area contributed by atoms with Gasteiger partial charge in [0.05, 0.1) is 39.5 Å². The highest BCUT2D eigenvalue weighted by atomic mass is 19.1. The van der Waals surface area contributed by atoms with Gasteiger partial charge < -0.3 is 24.3 Å². The van der Waals surface area contributed by atoms with Gasteiger partial charge in [-0.3, -0.25) is 4.79 Å². The lowest BCUT2D eigenvalue weighted by Crippen LogP contribution is -2.25. The van der Waals surface area contributed by atoms with Crippen LogP contribution in [-0.2, 0) is 19.0 Å². The summed E-state index contributed by atoms with van der Waals surface area (Å²) in [5.41, 5.74) is 0.771. The molecule has 0 saturated heterocycles. The van der Waals surface area contributed by atoms with E-state index in [-0.39, 0.29) is 18.8 Å². The molecule has 24 heavy (non-hydrogen) atoms. The third-order valence-corrected chi connectivity index (χ3v) is 3.04.